The number of nitrogens with one attached hydrogen (secondary N) is 1. The van der Waals surface area contributed by atoms with Crippen LogP contribution in [-0.4, -0.2) is 22.2 Å². The zero-order chi connectivity index (χ0) is 16.2. The van der Waals surface area contributed by atoms with Crippen LogP contribution in [0.15, 0.2) is 36.7 Å². The maximum atomic E-state index is 12.3. The minimum atomic E-state index is -4.78. The summed E-state index contributed by atoms with van der Waals surface area (Å²) in [6.45, 7) is 0.00312. The SMILES string of the molecule is NC(=O)c1cncc(NCc2ccccc2OC(F)(F)F)n1. The number of ether oxygens (including phenoxy) is 1. The topological polar surface area (TPSA) is 90.1 Å². The van der Waals surface area contributed by atoms with Crippen LogP contribution in [0, 0.1) is 0 Å². The molecule has 0 saturated heterocycles. The van der Waals surface area contributed by atoms with Gasteiger partial charge in [-0.15, -0.1) is 13.2 Å². The van der Waals surface area contributed by atoms with Crippen LogP contribution in [0.2, 0.25) is 0 Å². The highest BCUT2D eigenvalue weighted by Gasteiger charge is 2.31. The lowest BCUT2D eigenvalue weighted by molar-refractivity contribution is -0.274. The van der Waals surface area contributed by atoms with Gasteiger partial charge in [0.05, 0.1) is 12.4 Å². The van der Waals surface area contributed by atoms with Crippen molar-refractivity contribution in [2.45, 2.75) is 12.9 Å². The van der Waals surface area contributed by atoms with Crippen LogP contribution in [-0.2, 0) is 6.54 Å². The van der Waals surface area contributed by atoms with Crippen LogP contribution in [0.25, 0.3) is 0 Å². The molecule has 22 heavy (non-hydrogen) atoms. The average Bonchev–Trinajstić information content (AvgIpc) is 2.45. The average molecular weight is 312 g/mol. The molecule has 0 radical (unpaired) electrons. The number of anilines is 1. The monoisotopic (exact) mass is 312 g/mol. The number of aromatic nitrogens is 2. The van der Waals surface area contributed by atoms with E-state index in [1.165, 1.54) is 30.6 Å². The predicted molar refractivity (Wildman–Crippen MR) is 71.0 cm³/mol. The van der Waals surface area contributed by atoms with E-state index in [4.69, 9.17) is 5.73 Å². The largest absolute Gasteiger partial charge is 0.573 e. The molecule has 3 N–H and O–H groups in total. The molecule has 9 heteroatoms. The number of carbonyl (C=O) groups excluding carboxylic acids is 1. The summed E-state index contributed by atoms with van der Waals surface area (Å²) in [6, 6.07) is 5.68. The first-order chi connectivity index (χ1) is 10.3. The van der Waals surface area contributed by atoms with Gasteiger partial charge in [0.15, 0.2) is 0 Å². The van der Waals surface area contributed by atoms with Crippen LogP contribution >= 0.6 is 0 Å². The quantitative estimate of drug-likeness (QED) is 0.882. The van der Waals surface area contributed by atoms with Gasteiger partial charge in [-0.05, 0) is 6.07 Å². The number of rotatable bonds is 5. The summed E-state index contributed by atoms with van der Waals surface area (Å²) in [5.41, 5.74) is 5.29. The lowest BCUT2D eigenvalue weighted by Gasteiger charge is -2.13. The van der Waals surface area contributed by atoms with E-state index >= 15 is 0 Å². The standard InChI is InChI=1S/C13H11F3N4O2/c14-13(15,16)22-10-4-2-1-3-8(10)5-19-11-7-18-6-9(20-11)12(17)21/h1-4,6-7H,5H2,(H2,17,21)(H,19,20). The van der Waals surface area contributed by atoms with Crippen LogP contribution in [0.5, 0.6) is 5.75 Å². The number of para-hydroxylation sites is 1. The summed E-state index contributed by atoms with van der Waals surface area (Å²) in [5.74, 6) is -0.864. The van der Waals surface area contributed by atoms with Crippen molar-refractivity contribution in [2.24, 2.45) is 5.73 Å². The third-order valence-corrected chi connectivity index (χ3v) is 2.55. The van der Waals surface area contributed by atoms with Crippen molar-refractivity contribution in [1.82, 2.24) is 9.97 Å². The van der Waals surface area contributed by atoms with Crippen LogP contribution in [0.1, 0.15) is 16.1 Å². The van der Waals surface area contributed by atoms with Gasteiger partial charge in [0.2, 0.25) is 0 Å². The second-order valence-electron chi connectivity index (χ2n) is 4.16. The second kappa shape index (κ2) is 6.29. The molecule has 0 aliphatic carbocycles. The molecule has 0 unspecified atom stereocenters. The number of hydrogen-bond acceptors (Lipinski definition) is 5. The zero-order valence-corrected chi connectivity index (χ0v) is 11.1. The summed E-state index contributed by atoms with van der Waals surface area (Å²) in [4.78, 5) is 18.6. The van der Waals surface area contributed by atoms with Crippen molar-refractivity contribution in [3.05, 3.63) is 47.9 Å². The Bertz CT molecular complexity index is 676. The smallest absolute Gasteiger partial charge is 0.405 e. The Morgan fingerprint density at radius 2 is 2.00 bits per heavy atom. The van der Waals surface area contributed by atoms with Gasteiger partial charge in [0.25, 0.3) is 5.91 Å². The Morgan fingerprint density at radius 3 is 2.68 bits per heavy atom. The van der Waals surface area contributed by atoms with Crippen molar-refractivity contribution in [1.29, 1.82) is 0 Å². The van der Waals surface area contributed by atoms with E-state index in [0.717, 1.165) is 0 Å². The highest BCUT2D eigenvalue weighted by atomic mass is 19.4. The Balaban J connectivity index is 2.12. The molecule has 1 aromatic carbocycles. The highest BCUT2D eigenvalue weighted by Crippen LogP contribution is 2.26. The van der Waals surface area contributed by atoms with E-state index in [2.05, 4.69) is 20.0 Å². The van der Waals surface area contributed by atoms with E-state index < -0.39 is 12.3 Å². The summed E-state index contributed by atoms with van der Waals surface area (Å²) in [5, 5.41) is 2.75. The Kier molecular flexibility index (Phi) is 4.44. The van der Waals surface area contributed by atoms with Gasteiger partial charge in [-0.25, -0.2) is 4.98 Å². The van der Waals surface area contributed by atoms with Crippen LogP contribution < -0.4 is 15.8 Å². The van der Waals surface area contributed by atoms with Gasteiger partial charge in [-0.3, -0.25) is 9.78 Å². The number of primary amides is 1. The Morgan fingerprint density at radius 1 is 1.27 bits per heavy atom. The number of nitrogens with two attached hydrogens (primary N) is 1. The van der Waals surface area contributed by atoms with Crippen molar-refractivity contribution in [2.75, 3.05) is 5.32 Å². The second-order valence-corrected chi connectivity index (χ2v) is 4.16. The Labute approximate surface area is 123 Å². The van der Waals surface area contributed by atoms with Crippen molar-refractivity contribution in [3.8, 4) is 5.75 Å². The molecule has 2 aromatic rings. The molecule has 0 bridgehead atoms. The van der Waals surface area contributed by atoms with Crippen LogP contribution in [0.3, 0.4) is 0 Å². The van der Waals surface area contributed by atoms with Gasteiger partial charge < -0.3 is 15.8 Å². The van der Waals surface area contributed by atoms with Crippen molar-refractivity contribution in [3.63, 3.8) is 0 Å². The summed E-state index contributed by atoms with van der Waals surface area (Å²) in [7, 11) is 0. The first-order valence-electron chi connectivity index (χ1n) is 6.04. The summed E-state index contributed by atoms with van der Waals surface area (Å²) < 4.78 is 40.9. The lowest BCUT2D eigenvalue weighted by atomic mass is 10.2. The molecule has 0 atom stereocenters. The molecular weight excluding hydrogens is 301 g/mol. The fraction of sp³-hybridized carbons (Fsp3) is 0.154. The summed E-state index contributed by atoms with van der Waals surface area (Å²) >= 11 is 0. The minimum Gasteiger partial charge on any atom is -0.405 e. The molecule has 0 saturated carbocycles. The molecule has 0 aliphatic rings. The minimum absolute atomic E-state index is 0.00312. The number of carbonyl (C=O) groups is 1. The highest BCUT2D eigenvalue weighted by molar-refractivity contribution is 5.90. The maximum Gasteiger partial charge on any atom is 0.573 e. The molecule has 116 valence electrons. The van der Waals surface area contributed by atoms with Crippen molar-refractivity contribution >= 4 is 11.7 Å². The molecule has 2 rings (SSSR count). The molecule has 6 nitrogen and oxygen atoms in total. The molecule has 1 amide bonds. The van der Waals surface area contributed by atoms with E-state index in [-0.39, 0.29) is 29.4 Å². The van der Waals surface area contributed by atoms with E-state index in [1.807, 2.05) is 0 Å². The summed E-state index contributed by atoms with van der Waals surface area (Å²) in [6.07, 6.45) is -2.27. The lowest BCUT2D eigenvalue weighted by Crippen LogP contribution is -2.19. The molecule has 0 fully saturated rings. The predicted octanol–water partition coefficient (Wildman–Crippen LogP) is 2.09. The van der Waals surface area contributed by atoms with Crippen LogP contribution in [0.4, 0.5) is 19.0 Å². The number of benzene rings is 1. The number of alkyl halides is 3. The zero-order valence-electron chi connectivity index (χ0n) is 11.1. The van der Waals surface area contributed by atoms with Gasteiger partial charge in [-0.1, -0.05) is 18.2 Å². The number of amides is 1. The van der Waals surface area contributed by atoms with Gasteiger partial charge in [-0.2, -0.15) is 0 Å². The Hall–Kier alpha value is -2.84. The number of nitrogens with zero attached hydrogens (tertiary/aromatic N) is 2. The fourth-order valence-corrected chi connectivity index (χ4v) is 1.63. The molecule has 0 spiro atoms. The first-order valence-corrected chi connectivity index (χ1v) is 6.04. The number of hydrogen-bond donors (Lipinski definition) is 2. The molecule has 1 aromatic heterocycles. The third-order valence-electron chi connectivity index (χ3n) is 2.55. The molecule has 1 heterocycles. The maximum absolute atomic E-state index is 12.3. The number of halogens is 3. The van der Waals surface area contributed by atoms with Gasteiger partial charge in [0, 0.05) is 12.1 Å². The van der Waals surface area contributed by atoms with E-state index in [0.29, 0.717) is 0 Å². The van der Waals surface area contributed by atoms with Gasteiger partial charge in [0.1, 0.15) is 17.3 Å². The van der Waals surface area contributed by atoms with E-state index in [1.54, 1.807) is 6.07 Å². The fourth-order valence-electron chi connectivity index (χ4n) is 1.63. The van der Waals surface area contributed by atoms with E-state index in [9.17, 15) is 18.0 Å². The van der Waals surface area contributed by atoms with Crippen molar-refractivity contribution < 1.29 is 22.7 Å². The normalized spacial score (nSPS) is 11.0. The third kappa shape index (κ3) is 4.33. The molecular formula is C13H11F3N4O2. The first kappa shape index (κ1) is 15.5. The van der Waals surface area contributed by atoms with Gasteiger partial charge >= 0.3 is 6.36 Å². The molecule has 0 aliphatic heterocycles.